The summed E-state index contributed by atoms with van der Waals surface area (Å²) in [4.78, 5) is 2.74. The van der Waals surface area contributed by atoms with Gasteiger partial charge in [0.05, 0.1) is 0 Å². The summed E-state index contributed by atoms with van der Waals surface area (Å²) in [5.74, 6) is 2.71. The van der Waals surface area contributed by atoms with Crippen molar-refractivity contribution in [3.63, 3.8) is 0 Å². The molecule has 0 spiro atoms. The van der Waals surface area contributed by atoms with E-state index in [1.54, 1.807) is 0 Å². The molecule has 0 bridgehead atoms. The largest absolute Gasteiger partial charge is 0.303 e. The van der Waals surface area contributed by atoms with Crippen molar-refractivity contribution in [1.29, 1.82) is 0 Å². The molecule has 1 unspecified atom stereocenters. The zero-order chi connectivity index (χ0) is 16.5. The molecule has 1 nitrogen and oxygen atoms in total. The molecule has 0 N–H and O–H groups in total. The number of benzene rings is 1. The van der Waals surface area contributed by atoms with Crippen LogP contribution in [0.3, 0.4) is 0 Å². The SMILES string of the molecule is CCC(CC[C@H](C)CC)CN1CCC(Cc2ccccc2)CC1. The van der Waals surface area contributed by atoms with E-state index in [1.807, 2.05) is 0 Å². The molecule has 0 radical (unpaired) electrons. The maximum Gasteiger partial charge on any atom is 0.000956 e. The molecule has 0 amide bonds. The van der Waals surface area contributed by atoms with E-state index in [1.165, 1.54) is 70.1 Å². The third-order valence-electron chi connectivity index (χ3n) is 5.93. The summed E-state index contributed by atoms with van der Waals surface area (Å²) in [6.07, 6.45) is 9.57. The Kier molecular flexibility index (Phi) is 8.16. The van der Waals surface area contributed by atoms with E-state index in [9.17, 15) is 0 Å². The summed E-state index contributed by atoms with van der Waals surface area (Å²) >= 11 is 0. The van der Waals surface area contributed by atoms with Gasteiger partial charge in [-0.3, -0.25) is 0 Å². The minimum Gasteiger partial charge on any atom is -0.303 e. The lowest BCUT2D eigenvalue weighted by Gasteiger charge is -2.34. The lowest BCUT2D eigenvalue weighted by atomic mass is 9.88. The number of rotatable bonds is 9. The lowest BCUT2D eigenvalue weighted by Crippen LogP contribution is -2.37. The highest BCUT2D eigenvalue weighted by Crippen LogP contribution is 2.24. The van der Waals surface area contributed by atoms with E-state index < -0.39 is 0 Å². The summed E-state index contributed by atoms with van der Waals surface area (Å²) in [7, 11) is 0. The Balaban J connectivity index is 1.69. The van der Waals surface area contributed by atoms with Crippen molar-refractivity contribution in [3.8, 4) is 0 Å². The highest BCUT2D eigenvalue weighted by Gasteiger charge is 2.21. The first kappa shape index (κ1) is 18.5. The van der Waals surface area contributed by atoms with Crippen molar-refractivity contribution in [2.24, 2.45) is 17.8 Å². The van der Waals surface area contributed by atoms with Gasteiger partial charge in [-0.05, 0) is 62.1 Å². The van der Waals surface area contributed by atoms with Crippen LogP contribution in [-0.4, -0.2) is 24.5 Å². The fraction of sp³-hybridized carbons (Fsp3) is 0.727. The number of piperidine rings is 1. The molecule has 0 aromatic heterocycles. The first-order valence-electron chi connectivity index (χ1n) is 9.97. The molecular formula is C22H37N. The molecule has 1 aliphatic heterocycles. The molecule has 0 aliphatic carbocycles. The highest BCUT2D eigenvalue weighted by atomic mass is 15.1. The Morgan fingerprint density at radius 3 is 2.30 bits per heavy atom. The summed E-state index contributed by atoms with van der Waals surface area (Å²) < 4.78 is 0. The molecule has 1 heteroatoms. The van der Waals surface area contributed by atoms with Gasteiger partial charge in [0.15, 0.2) is 0 Å². The number of likely N-dealkylation sites (tertiary alicyclic amines) is 1. The predicted octanol–water partition coefficient (Wildman–Crippen LogP) is 5.79. The Morgan fingerprint density at radius 1 is 1.00 bits per heavy atom. The fourth-order valence-corrected chi connectivity index (χ4v) is 3.83. The molecule has 1 saturated heterocycles. The molecule has 1 aromatic carbocycles. The van der Waals surface area contributed by atoms with E-state index in [4.69, 9.17) is 0 Å². The number of nitrogens with zero attached hydrogens (tertiary/aromatic N) is 1. The molecule has 1 aromatic rings. The van der Waals surface area contributed by atoms with Gasteiger partial charge in [0.25, 0.3) is 0 Å². The average molecular weight is 316 g/mol. The van der Waals surface area contributed by atoms with Gasteiger partial charge >= 0.3 is 0 Å². The van der Waals surface area contributed by atoms with Gasteiger partial charge in [-0.15, -0.1) is 0 Å². The van der Waals surface area contributed by atoms with Crippen molar-refractivity contribution in [2.45, 2.75) is 65.7 Å². The molecule has 2 atom stereocenters. The smallest absolute Gasteiger partial charge is 0.000956 e. The minimum absolute atomic E-state index is 0.897. The first-order chi connectivity index (χ1) is 11.2. The summed E-state index contributed by atoms with van der Waals surface area (Å²) in [6, 6.07) is 11.0. The van der Waals surface area contributed by atoms with Gasteiger partial charge in [-0.1, -0.05) is 70.4 Å². The third kappa shape index (κ3) is 6.67. The van der Waals surface area contributed by atoms with Crippen LogP contribution in [0.25, 0.3) is 0 Å². The van der Waals surface area contributed by atoms with Crippen molar-refractivity contribution in [1.82, 2.24) is 4.90 Å². The first-order valence-corrected chi connectivity index (χ1v) is 9.97. The zero-order valence-corrected chi connectivity index (χ0v) is 15.6. The Hall–Kier alpha value is -0.820. The van der Waals surface area contributed by atoms with Crippen LogP contribution in [-0.2, 0) is 6.42 Å². The molecule has 23 heavy (non-hydrogen) atoms. The maximum atomic E-state index is 2.74. The molecular weight excluding hydrogens is 278 g/mol. The Bertz CT molecular complexity index is 405. The summed E-state index contributed by atoms with van der Waals surface area (Å²) in [6.45, 7) is 11.1. The molecule has 0 saturated carbocycles. The van der Waals surface area contributed by atoms with Crippen molar-refractivity contribution in [3.05, 3.63) is 35.9 Å². The van der Waals surface area contributed by atoms with E-state index in [-0.39, 0.29) is 0 Å². The number of hydrogen-bond donors (Lipinski definition) is 0. The van der Waals surface area contributed by atoms with Gasteiger partial charge < -0.3 is 4.90 Å². The predicted molar refractivity (Wildman–Crippen MR) is 102 cm³/mol. The van der Waals surface area contributed by atoms with Crippen LogP contribution in [0.1, 0.15) is 64.9 Å². The van der Waals surface area contributed by atoms with Crippen LogP contribution >= 0.6 is 0 Å². The van der Waals surface area contributed by atoms with Crippen molar-refractivity contribution in [2.75, 3.05) is 19.6 Å². The maximum absolute atomic E-state index is 2.74. The van der Waals surface area contributed by atoms with Crippen LogP contribution in [0.5, 0.6) is 0 Å². The van der Waals surface area contributed by atoms with Crippen molar-refractivity contribution < 1.29 is 0 Å². The van der Waals surface area contributed by atoms with E-state index in [0.717, 1.165) is 17.8 Å². The van der Waals surface area contributed by atoms with Crippen molar-refractivity contribution >= 4 is 0 Å². The van der Waals surface area contributed by atoms with Crippen LogP contribution < -0.4 is 0 Å². The van der Waals surface area contributed by atoms with Gasteiger partial charge in [0.2, 0.25) is 0 Å². The normalized spacial score (nSPS) is 19.6. The number of hydrogen-bond acceptors (Lipinski definition) is 1. The quantitative estimate of drug-likeness (QED) is 0.557. The Labute approximate surface area is 144 Å². The fourth-order valence-electron chi connectivity index (χ4n) is 3.83. The average Bonchev–Trinajstić information content (AvgIpc) is 2.60. The second-order valence-corrected chi connectivity index (χ2v) is 7.80. The van der Waals surface area contributed by atoms with E-state index in [0.29, 0.717) is 0 Å². The topological polar surface area (TPSA) is 3.24 Å². The Morgan fingerprint density at radius 2 is 1.70 bits per heavy atom. The van der Waals surface area contributed by atoms with E-state index in [2.05, 4.69) is 56.0 Å². The van der Waals surface area contributed by atoms with Gasteiger partial charge in [0, 0.05) is 6.54 Å². The van der Waals surface area contributed by atoms with Gasteiger partial charge in [0.1, 0.15) is 0 Å². The second kappa shape index (κ2) is 10.1. The van der Waals surface area contributed by atoms with Crippen LogP contribution in [0.15, 0.2) is 30.3 Å². The third-order valence-corrected chi connectivity index (χ3v) is 5.93. The molecule has 2 rings (SSSR count). The standard InChI is InChI=1S/C22H37N/c1-4-19(3)11-12-20(5-2)18-23-15-13-22(14-16-23)17-21-9-7-6-8-10-21/h6-10,19-20,22H,4-5,11-18H2,1-3H3/t19-,20?/m1/s1. The minimum atomic E-state index is 0.897. The molecule has 1 fully saturated rings. The highest BCUT2D eigenvalue weighted by molar-refractivity contribution is 5.15. The van der Waals surface area contributed by atoms with Gasteiger partial charge in [-0.25, -0.2) is 0 Å². The molecule has 1 aliphatic rings. The monoisotopic (exact) mass is 315 g/mol. The summed E-state index contributed by atoms with van der Waals surface area (Å²) in [5, 5.41) is 0. The van der Waals surface area contributed by atoms with Gasteiger partial charge in [-0.2, -0.15) is 0 Å². The lowest BCUT2D eigenvalue weighted by molar-refractivity contribution is 0.152. The second-order valence-electron chi connectivity index (χ2n) is 7.80. The molecule has 130 valence electrons. The zero-order valence-electron chi connectivity index (χ0n) is 15.6. The van der Waals surface area contributed by atoms with E-state index >= 15 is 0 Å². The summed E-state index contributed by atoms with van der Waals surface area (Å²) in [5.41, 5.74) is 1.52. The molecule has 1 heterocycles. The van der Waals surface area contributed by atoms with Crippen LogP contribution in [0.2, 0.25) is 0 Å². The van der Waals surface area contributed by atoms with Crippen LogP contribution in [0, 0.1) is 17.8 Å². The van der Waals surface area contributed by atoms with Crippen LogP contribution in [0.4, 0.5) is 0 Å².